The van der Waals surface area contributed by atoms with E-state index < -0.39 is 22.1 Å². The molecule has 2 unspecified atom stereocenters. The third-order valence-electron chi connectivity index (χ3n) is 5.03. The molecule has 0 bridgehead atoms. The third kappa shape index (κ3) is 2.57. The van der Waals surface area contributed by atoms with E-state index in [1.54, 1.807) is 31.2 Å². The molecule has 2 saturated heterocycles. The topological polar surface area (TPSA) is 86.8 Å². The molecule has 8 heteroatoms. The smallest absolute Gasteiger partial charge is 0.245 e. The van der Waals surface area contributed by atoms with Gasteiger partial charge in [0.2, 0.25) is 21.8 Å². The Morgan fingerprint density at radius 2 is 1.77 bits per heavy atom. The molecule has 0 saturated carbocycles. The number of hydrogen-bond donors (Lipinski definition) is 1. The molecule has 7 nitrogen and oxygen atoms in total. The highest BCUT2D eigenvalue weighted by molar-refractivity contribution is 7.89. The van der Waals surface area contributed by atoms with Gasteiger partial charge in [0.15, 0.2) is 0 Å². The fraction of sp³-hybridized carbons (Fsp3) is 0.333. The Bertz CT molecular complexity index is 999. The van der Waals surface area contributed by atoms with E-state index in [1.807, 2.05) is 18.2 Å². The summed E-state index contributed by atoms with van der Waals surface area (Å²) < 4.78 is 27.7. The van der Waals surface area contributed by atoms with Crippen LogP contribution in [0.1, 0.15) is 6.92 Å². The normalized spacial score (nSPS) is 24.4. The number of nitrogens with one attached hydrogen (secondary N) is 1. The van der Waals surface area contributed by atoms with Crippen molar-refractivity contribution in [1.82, 2.24) is 14.5 Å². The maximum atomic E-state index is 13.2. The number of carbonyl (C=O) groups excluding carboxylic acids is 2. The van der Waals surface area contributed by atoms with Gasteiger partial charge in [-0.1, -0.05) is 36.4 Å². The van der Waals surface area contributed by atoms with E-state index in [2.05, 4.69) is 5.32 Å². The summed E-state index contributed by atoms with van der Waals surface area (Å²) in [6, 6.07) is 11.1. The van der Waals surface area contributed by atoms with Crippen LogP contribution in [0.25, 0.3) is 10.8 Å². The Labute approximate surface area is 151 Å². The number of benzene rings is 2. The monoisotopic (exact) mass is 373 g/mol. The zero-order valence-electron chi connectivity index (χ0n) is 14.3. The minimum Gasteiger partial charge on any atom is -0.343 e. The van der Waals surface area contributed by atoms with E-state index in [4.69, 9.17) is 0 Å². The Morgan fingerprint density at radius 1 is 1.04 bits per heavy atom. The standard InChI is InChI=1S/C18H19N3O4S/c1-12-18(23)21-10-9-20(11-15(21)17(22)19-12)26(24,25)16-8-4-6-13-5-2-3-7-14(13)16/h2-8,12,15H,9-11H2,1H3,(H,19,22). The van der Waals surface area contributed by atoms with Crippen molar-refractivity contribution >= 4 is 32.6 Å². The summed E-state index contributed by atoms with van der Waals surface area (Å²) >= 11 is 0. The molecule has 2 heterocycles. The molecule has 2 aliphatic heterocycles. The number of amides is 2. The first-order valence-electron chi connectivity index (χ1n) is 8.48. The van der Waals surface area contributed by atoms with Crippen molar-refractivity contribution in [1.29, 1.82) is 0 Å². The number of rotatable bonds is 2. The molecule has 2 fully saturated rings. The van der Waals surface area contributed by atoms with Crippen LogP contribution in [0.5, 0.6) is 0 Å². The molecule has 2 aromatic rings. The van der Waals surface area contributed by atoms with Gasteiger partial charge in [-0.25, -0.2) is 8.42 Å². The number of nitrogens with zero attached hydrogens (tertiary/aromatic N) is 2. The highest BCUT2D eigenvalue weighted by atomic mass is 32.2. The molecular formula is C18H19N3O4S. The number of piperazine rings is 2. The molecule has 2 atom stereocenters. The lowest BCUT2D eigenvalue weighted by atomic mass is 10.1. The van der Waals surface area contributed by atoms with Crippen LogP contribution >= 0.6 is 0 Å². The van der Waals surface area contributed by atoms with Gasteiger partial charge in [0.1, 0.15) is 12.1 Å². The number of fused-ring (bicyclic) bond motifs is 2. The second-order valence-corrected chi connectivity index (χ2v) is 8.52. The van der Waals surface area contributed by atoms with Crippen molar-refractivity contribution in [3.8, 4) is 0 Å². The maximum Gasteiger partial charge on any atom is 0.245 e. The molecule has 0 spiro atoms. The summed E-state index contributed by atoms with van der Waals surface area (Å²) in [6.45, 7) is 1.99. The summed E-state index contributed by atoms with van der Waals surface area (Å²) in [7, 11) is -3.78. The van der Waals surface area contributed by atoms with Crippen LogP contribution in [0.2, 0.25) is 0 Å². The van der Waals surface area contributed by atoms with E-state index in [0.717, 1.165) is 5.39 Å². The predicted molar refractivity (Wildman–Crippen MR) is 95.8 cm³/mol. The quantitative estimate of drug-likeness (QED) is 0.833. The average molecular weight is 373 g/mol. The zero-order chi connectivity index (χ0) is 18.5. The highest BCUT2D eigenvalue weighted by Crippen LogP contribution is 2.28. The van der Waals surface area contributed by atoms with Crippen LogP contribution in [-0.2, 0) is 19.6 Å². The summed E-state index contributed by atoms with van der Waals surface area (Å²) in [5.74, 6) is -0.480. The fourth-order valence-electron chi connectivity index (χ4n) is 3.64. The molecule has 2 aliphatic rings. The lowest BCUT2D eigenvalue weighted by Crippen LogP contribution is -2.69. The van der Waals surface area contributed by atoms with Crippen molar-refractivity contribution < 1.29 is 18.0 Å². The van der Waals surface area contributed by atoms with Crippen molar-refractivity contribution in [2.24, 2.45) is 0 Å². The van der Waals surface area contributed by atoms with Crippen molar-refractivity contribution in [2.45, 2.75) is 23.9 Å². The maximum absolute atomic E-state index is 13.2. The van der Waals surface area contributed by atoms with Gasteiger partial charge in [0, 0.05) is 25.0 Å². The van der Waals surface area contributed by atoms with Crippen molar-refractivity contribution in [2.75, 3.05) is 19.6 Å². The van der Waals surface area contributed by atoms with Crippen molar-refractivity contribution in [3.05, 3.63) is 42.5 Å². The van der Waals surface area contributed by atoms with E-state index in [1.165, 1.54) is 9.21 Å². The molecule has 1 N–H and O–H groups in total. The second kappa shape index (κ2) is 6.07. The number of carbonyl (C=O) groups is 2. The predicted octanol–water partition coefficient (Wildman–Crippen LogP) is 0.560. The van der Waals surface area contributed by atoms with Gasteiger partial charge in [-0.15, -0.1) is 0 Å². The van der Waals surface area contributed by atoms with Gasteiger partial charge < -0.3 is 10.2 Å². The summed E-state index contributed by atoms with van der Waals surface area (Å²) in [5, 5.41) is 4.11. The van der Waals surface area contributed by atoms with E-state index >= 15 is 0 Å². The Balaban J connectivity index is 1.69. The van der Waals surface area contributed by atoms with Crippen LogP contribution < -0.4 is 5.32 Å². The Hall–Kier alpha value is -2.45. The minimum absolute atomic E-state index is 0.0319. The van der Waals surface area contributed by atoms with Crippen LogP contribution in [0.3, 0.4) is 0 Å². The largest absolute Gasteiger partial charge is 0.343 e. The Kier molecular flexibility index (Phi) is 3.96. The summed E-state index contributed by atoms with van der Waals surface area (Å²) in [4.78, 5) is 26.2. The Morgan fingerprint density at radius 3 is 2.58 bits per heavy atom. The number of hydrogen-bond acceptors (Lipinski definition) is 4. The molecule has 2 aromatic carbocycles. The van der Waals surface area contributed by atoms with E-state index in [0.29, 0.717) is 5.39 Å². The first-order chi connectivity index (χ1) is 12.4. The summed E-state index contributed by atoms with van der Waals surface area (Å²) in [6.07, 6.45) is 0. The van der Waals surface area contributed by atoms with E-state index in [9.17, 15) is 18.0 Å². The van der Waals surface area contributed by atoms with Gasteiger partial charge >= 0.3 is 0 Å². The molecule has 0 aliphatic carbocycles. The van der Waals surface area contributed by atoms with E-state index in [-0.39, 0.29) is 36.3 Å². The molecule has 136 valence electrons. The first kappa shape index (κ1) is 17.0. The fourth-order valence-corrected chi connectivity index (χ4v) is 5.30. The zero-order valence-corrected chi connectivity index (χ0v) is 15.1. The summed E-state index contributed by atoms with van der Waals surface area (Å²) in [5.41, 5.74) is 0. The molecular weight excluding hydrogens is 354 g/mol. The van der Waals surface area contributed by atoms with Crippen molar-refractivity contribution in [3.63, 3.8) is 0 Å². The van der Waals surface area contributed by atoms with Crippen LogP contribution in [-0.4, -0.2) is 61.2 Å². The lowest BCUT2D eigenvalue weighted by molar-refractivity contribution is -0.151. The van der Waals surface area contributed by atoms with Gasteiger partial charge in [-0.3, -0.25) is 9.59 Å². The van der Waals surface area contributed by atoms with Gasteiger partial charge in [-0.2, -0.15) is 4.31 Å². The molecule has 0 radical (unpaired) electrons. The first-order valence-corrected chi connectivity index (χ1v) is 9.92. The molecule has 4 rings (SSSR count). The van der Waals surface area contributed by atoms with Crippen LogP contribution in [0, 0.1) is 0 Å². The second-order valence-electron chi connectivity index (χ2n) is 6.62. The van der Waals surface area contributed by atoms with Crippen LogP contribution in [0.15, 0.2) is 47.4 Å². The molecule has 26 heavy (non-hydrogen) atoms. The molecule has 2 amide bonds. The van der Waals surface area contributed by atoms with Crippen LogP contribution in [0.4, 0.5) is 0 Å². The molecule has 0 aromatic heterocycles. The average Bonchev–Trinajstić information content (AvgIpc) is 2.65. The highest BCUT2D eigenvalue weighted by Gasteiger charge is 2.44. The van der Waals surface area contributed by atoms with Gasteiger partial charge in [0.25, 0.3) is 0 Å². The number of sulfonamides is 1. The lowest BCUT2D eigenvalue weighted by Gasteiger charge is -2.44. The SMILES string of the molecule is CC1NC(=O)C2CN(S(=O)(=O)c3cccc4ccccc34)CCN2C1=O. The van der Waals surface area contributed by atoms with Gasteiger partial charge in [-0.05, 0) is 18.4 Å². The van der Waals surface area contributed by atoms with Gasteiger partial charge in [0.05, 0.1) is 4.90 Å². The third-order valence-corrected chi connectivity index (χ3v) is 6.95. The minimum atomic E-state index is -3.78.